The van der Waals surface area contributed by atoms with Crippen LogP contribution >= 0.6 is 0 Å². The van der Waals surface area contributed by atoms with Crippen LogP contribution in [0.5, 0.6) is 0 Å². The van der Waals surface area contributed by atoms with Gasteiger partial charge >= 0.3 is 12.1 Å². The quantitative estimate of drug-likeness (QED) is 0.463. The van der Waals surface area contributed by atoms with E-state index >= 15 is 0 Å². The van der Waals surface area contributed by atoms with Crippen molar-refractivity contribution in [3.63, 3.8) is 0 Å². The van der Waals surface area contributed by atoms with E-state index < -0.39 is 17.7 Å². The molecule has 0 bridgehead atoms. The molecular formula is C25H26F3N3O3. The van der Waals surface area contributed by atoms with Gasteiger partial charge in [0.1, 0.15) is 5.65 Å². The second kappa shape index (κ2) is 9.12. The summed E-state index contributed by atoms with van der Waals surface area (Å²) in [6.45, 7) is 4.09. The molecule has 9 heteroatoms. The largest absolute Gasteiger partial charge is 0.469 e. The Hall–Kier alpha value is -3.36. The number of methoxy groups -OCH3 is 1. The number of aryl methyl sites for hydroxylation is 1. The summed E-state index contributed by atoms with van der Waals surface area (Å²) in [5, 5.41) is 0. The van der Waals surface area contributed by atoms with Crippen molar-refractivity contribution >= 4 is 17.5 Å². The van der Waals surface area contributed by atoms with E-state index in [2.05, 4.69) is 4.98 Å². The molecule has 3 aromatic rings. The molecular weight excluding hydrogens is 447 g/mol. The number of aromatic nitrogens is 2. The number of hydrogen-bond donors (Lipinski definition) is 0. The molecule has 180 valence electrons. The first-order valence-corrected chi connectivity index (χ1v) is 11.2. The Morgan fingerprint density at radius 1 is 1.18 bits per heavy atom. The standard InChI is InChI=1S/C25H26F3N3O3/c1-4-30(24(33)16-5-6-16)14-17-11-18(25(26,27)28)7-8-20(17)21-12-19(13-22(32)34-3)31-10-9-15(2)29-23(21)31/h7-12,16H,4-6,13-14H2,1-3H3. The van der Waals surface area contributed by atoms with Gasteiger partial charge in [-0.25, -0.2) is 4.98 Å². The minimum atomic E-state index is -4.52. The van der Waals surface area contributed by atoms with Crippen molar-refractivity contribution in [1.82, 2.24) is 14.3 Å². The van der Waals surface area contributed by atoms with Crippen molar-refractivity contribution in [2.75, 3.05) is 13.7 Å². The lowest BCUT2D eigenvalue weighted by molar-refractivity contribution is -0.140. The van der Waals surface area contributed by atoms with Crippen molar-refractivity contribution in [3.05, 3.63) is 59.0 Å². The Kier molecular flexibility index (Phi) is 6.38. The van der Waals surface area contributed by atoms with Crippen LogP contribution in [0.3, 0.4) is 0 Å². The number of alkyl halides is 3. The summed E-state index contributed by atoms with van der Waals surface area (Å²) >= 11 is 0. The predicted molar refractivity (Wildman–Crippen MR) is 120 cm³/mol. The van der Waals surface area contributed by atoms with Crippen LogP contribution in [0.2, 0.25) is 0 Å². The number of rotatable bonds is 7. The van der Waals surface area contributed by atoms with Gasteiger partial charge in [0.15, 0.2) is 0 Å². The number of benzene rings is 1. The summed E-state index contributed by atoms with van der Waals surface area (Å²) in [5.41, 5.74) is 2.61. The average molecular weight is 473 g/mol. The van der Waals surface area contributed by atoms with Gasteiger partial charge in [-0.3, -0.25) is 9.59 Å². The van der Waals surface area contributed by atoms with Gasteiger partial charge in [-0.05, 0) is 62.1 Å². The van der Waals surface area contributed by atoms with Crippen molar-refractivity contribution in [3.8, 4) is 11.1 Å². The van der Waals surface area contributed by atoms with Gasteiger partial charge < -0.3 is 14.0 Å². The van der Waals surface area contributed by atoms with Crippen LogP contribution in [0.25, 0.3) is 16.8 Å². The molecule has 0 saturated heterocycles. The maximum absolute atomic E-state index is 13.6. The van der Waals surface area contributed by atoms with E-state index in [0.29, 0.717) is 34.6 Å². The summed E-state index contributed by atoms with van der Waals surface area (Å²) in [4.78, 5) is 30.9. The van der Waals surface area contributed by atoms with Crippen LogP contribution in [0, 0.1) is 12.8 Å². The summed E-state index contributed by atoms with van der Waals surface area (Å²) < 4.78 is 47.2. The molecule has 0 unspecified atom stereocenters. The molecule has 4 rings (SSSR count). The predicted octanol–water partition coefficient (Wildman–Crippen LogP) is 4.80. The fourth-order valence-corrected chi connectivity index (χ4v) is 4.09. The number of amides is 1. The first-order valence-electron chi connectivity index (χ1n) is 11.2. The molecule has 1 aliphatic rings. The number of fused-ring (bicyclic) bond motifs is 1. The third-order valence-electron chi connectivity index (χ3n) is 6.09. The highest BCUT2D eigenvalue weighted by Gasteiger charge is 2.35. The van der Waals surface area contributed by atoms with Crippen molar-refractivity contribution < 1.29 is 27.5 Å². The monoisotopic (exact) mass is 473 g/mol. The van der Waals surface area contributed by atoms with Crippen molar-refractivity contribution in [2.24, 2.45) is 5.92 Å². The van der Waals surface area contributed by atoms with Gasteiger partial charge in [-0.1, -0.05) is 6.07 Å². The molecule has 0 spiro atoms. The number of halogens is 3. The zero-order valence-electron chi connectivity index (χ0n) is 19.3. The number of carbonyl (C=O) groups excluding carboxylic acids is 2. The van der Waals surface area contributed by atoms with Gasteiger partial charge in [0, 0.05) is 42.2 Å². The van der Waals surface area contributed by atoms with Crippen LogP contribution in [0.15, 0.2) is 36.5 Å². The smallest absolute Gasteiger partial charge is 0.416 e. The first-order chi connectivity index (χ1) is 16.1. The number of ether oxygens (including phenoxy) is 1. The zero-order chi connectivity index (χ0) is 24.6. The number of esters is 1. The molecule has 0 radical (unpaired) electrons. The van der Waals surface area contributed by atoms with Gasteiger partial charge in [0.25, 0.3) is 0 Å². The number of carbonyl (C=O) groups is 2. The second-order valence-corrected chi connectivity index (χ2v) is 8.56. The minimum Gasteiger partial charge on any atom is -0.469 e. The molecule has 1 amide bonds. The van der Waals surface area contributed by atoms with Crippen molar-refractivity contribution in [1.29, 1.82) is 0 Å². The summed E-state index contributed by atoms with van der Waals surface area (Å²) in [6.07, 6.45) is -1.12. The molecule has 1 aromatic carbocycles. The Balaban J connectivity index is 1.87. The number of nitrogens with zero attached hydrogens (tertiary/aromatic N) is 3. The Morgan fingerprint density at radius 2 is 1.91 bits per heavy atom. The van der Waals surface area contributed by atoms with Gasteiger partial charge in [-0.15, -0.1) is 0 Å². The maximum Gasteiger partial charge on any atom is 0.416 e. The average Bonchev–Trinajstić information content (AvgIpc) is 3.59. The normalized spacial score (nSPS) is 13.8. The van der Waals surface area contributed by atoms with Crippen LogP contribution in [0.4, 0.5) is 13.2 Å². The SMILES string of the molecule is CCN(Cc1cc(C(F)(F)F)ccc1-c1cc(CC(=O)OC)n2ccc(C)nc12)C(=O)C1CC1. The Morgan fingerprint density at radius 3 is 2.53 bits per heavy atom. The van der Waals surface area contributed by atoms with E-state index in [0.717, 1.165) is 30.7 Å². The molecule has 1 saturated carbocycles. The Bertz CT molecular complexity index is 1250. The first kappa shape index (κ1) is 23.8. The maximum atomic E-state index is 13.6. The lowest BCUT2D eigenvalue weighted by Crippen LogP contribution is -2.31. The van der Waals surface area contributed by atoms with Crippen LogP contribution in [0.1, 0.15) is 42.3 Å². The summed E-state index contributed by atoms with van der Waals surface area (Å²) in [5.74, 6) is -0.514. The van der Waals surface area contributed by atoms with E-state index in [1.807, 2.05) is 13.8 Å². The highest BCUT2D eigenvalue weighted by atomic mass is 19.4. The van der Waals surface area contributed by atoms with Crippen LogP contribution < -0.4 is 0 Å². The summed E-state index contributed by atoms with van der Waals surface area (Å²) in [6, 6.07) is 7.12. The van der Waals surface area contributed by atoms with Crippen molar-refractivity contribution in [2.45, 2.75) is 45.8 Å². The fourth-order valence-electron chi connectivity index (χ4n) is 4.09. The van der Waals surface area contributed by atoms with Crippen LogP contribution in [-0.4, -0.2) is 39.8 Å². The van der Waals surface area contributed by atoms with Gasteiger partial charge in [0.05, 0.1) is 19.1 Å². The third-order valence-corrected chi connectivity index (χ3v) is 6.09. The minimum absolute atomic E-state index is 0.0143. The highest BCUT2D eigenvalue weighted by Crippen LogP contribution is 2.37. The van der Waals surface area contributed by atoms with Gasteiger partial charge in [0.2, 0.25) is 5.91 Å². The molecule has 34 heavy (non-hydrogen) atoms. The van der Waals surface area contributed by atoms with E-state index in [1.54, 1.807) is 27.6 Å². The highest BCUT2D eigenvalue weighted by molar-refractivity contribution is 5.84. The lowest BCUT2D eigenvalue weighted by Gasteiger charge is -2.23. The molecule has 2 aromatic heterocycles. The lowest BCUT2D eigenvalue weighted by atomic mass is 9.97. The van der Waals surface area contributed by atoms with E-state index in [-0.39, 0.29) is 24.8 Å². The Labute approximate surface area is 195 Å². The van der Waals surface area contributed by atoms with E-state index in [1.165, 1.54) is 13.2 Å². The number of hydrogen-bond acceptors (Lipinski definition) is 4. The molecule has 1 aliphatic carbocycles. The van der Waals surface area contributed by atoms with Crippen LogP contribution in [-0.2, 0) is 33.5 Å². The van der Waals surface area contributed by atoms with E-state index in [9.17, 15) is 22.8 Å². The molecule has 0 aliphatic heterocycles. The molecule has 2 heterocycles. The van der Waals surface area contributed by atoms with E-state index in [4.69, 9.17) is 4.74 Å². The summed E-state index contributed by atoms with van der Waals surface area (Å²) in [7, 11) is 1.30. The molecule has 0 atom stereocenters. The second-order valence-electron chi connectivity index (χ2n) is 8.56. The third kappa shape index (κ3) is 4.78. The zero-order valence-corrected chi connectivity index (χ0v) is 19.3. The molecule has 0 N–H and O–H groups in total. The molecule has 1 fully saturated rings. The molecule has 6 nitrogen and oxygen atoms in total. The van der Waals surface area contributed by atoms with Gasteiger partial charge in [-0.2, -0.15) is 13.2 Å². The fraction of sp³-hybridized carbons (Fsp3) is 0.400. The topological polar surface area (TPSA) is 63.9 Å².